The van der Waals surface area contributed by atoms with E-state index in [1.54, 1.807) is 13.3 Å². The molecule has 1 spiro atoms. The molecule has 1 aromatic rings. The minimum atomic E-state index is -0.428. The van der Waals surface area contributed by atoms with Gasteiger partial charge in [-0.25, -0.2) is 4.79 Å². The second-order valence-electron chi connectivity index (χ2n) is 8.33. The number of nitrogens with zero attached hydrogens (tertiary/aromatic N) is 2. The number of carbonyl (C=O) groups is 1. The first-order valence-corrected chi connectivity index (χ1v) is 9.02. The van der Waals surface area contributed by atoms with Gasteiger partial charge in [0.25, 0.3) is 0 Å². The summed E-state index contributed by atoms with van der Waals surface area (Å²) in [6.07, 6.45) is 7.76. The second-order valence-corrected chi connectivity index (χ2v) is 8.33. The van der Waals surface area contributed by atoms with Gasteiger partial charge in [-0.2, -0.15) is 0 Å². The molecule has 1 aliphatic carbocycles. The standard InChI is InChI=1S/C19H29N3O3/c1-18(2,3)25-17(23)22-7-5-19(6-8-22)10-15(11-19)21-14-9-16(24-4)13-20-12-14/h9,12-13,15,21H,5-8,10-11H2,1-4H3. The van der Waals surface area contributed by atoms with Crippen LogP contribution in [0.1, 0.15) is 46.5 Å². The second kappa shape index (κ2) is 6.73. The third-order valence-electron chi connectivity index (χ3n) is 5.15. The fourth-order valence-corrected chi connectivity index (χ4v) is 3.83. The Balaban J connectivity index is 1.46. The summed E-state index contributed by atoms with van der Waals surface area (Å²) in [6.45, 7) is 7.31. The van der Waals surface area contributed by atoms with Gasteiger partial charge in [0.2, 0.25) is 0 Å². The third-order valence-corrected chi connectivity index (χ3v) is 5.15. The van der Waals surface area contributed by atoms with Gasteiger partial charge in [0.1, 0.15) is 11.4 Å². The van der Waals surface area contributed by atoms with Gasteiger partial charge in [0, 0.05) is 25.2 Å². The molecule has 0 atom stereocenters. The van der Waals surface area contributed by atoms with Gasteiger partial charge < -0.3 is 19.7 Å². The van der Waals surface area contributed by atoms with Crippen molar-refractivity contribution in [3.05, 3.63) is 18.5 Å². The molecule has 0 bridgehead atoms. The average Bonchev–Trinajstić information content (AvgIpc) is 2.52. The van der Waals surface area contributed by atoms with Crippen molar-refractivity contribution >= 4 is 11.8 Å². The van der Waals surface area contributed by atoms with Crippen LogP contribution in [0.2, 0.25) is 0 Å². The van der Waals surface area contributed by atoms with E-state index in [-0.39, 0.29) is 6.09 Å². The molecule has 0 aromatic carbocycles. The maximum absolute atomic E-state index is 12.2. The number of ether oxygens (including phenoxy) is 2. The van der Waals surface area contributed by atoms with Crippen LogP contribution in [-0.4, -0.2) is 47.8 Å². The highest BCUT2D eigenvalue weighted by molar-refractivity contribution is 5.68. The first-order chi connectivity index (χ1) is 11.8. The van der Waals surface area contributed by atoms with Crippen LogP contribution in [0.25, 0.3) is 0 Å². The zero-order chi connectivity index (χ0) is 18.1. The van der Waals surface area contributed by atoms with E-state index in [2.05, 4.69) is 10.3 Å². The number of likely N-dealkylation sites (tertiary alicyclic amines) is 1. The highest BCUT2D eigenvalue weighted by Gasteiger charge is 2.46. The highest BCUT2D eigenvalue weighted by Crippen LogP contribution is 2.50. The molecular formula is C19H29N3O3. The molecule has 3 rings (SSSR count). The topological polar surface area (TPSA) is 63.7 Å². The summed E-state index contributed by atoms with van der Waals surface area (Å²) in [5.74, 6) is 0.768. The summed E-state index contributed by atoms with van der Waals surface area (Å²) in [4.78, 5) is 18.2. The number of nitrogens with one attached hydrogen (secondary N) is 1. The zero-order valence-corrected chi connectivity index (χ0v) is 15.7. The molecule has 1 saturated heterocycles. The van der Waals surface area contributed by atoms with E-state index in [1.807, 2.05) is 37.9 Å². The van der Waals surface area contributed by atoms with Gasteiger partial charge in [-0.05, 0) is 51.9 Å². The van der Waals surface area contributed by atoms with Gasteiger partial charge in [0.05, 0.1) is 25.2 Å². The summed E-state index contributed by atoms with van der Waals surface area (Å²) in [5, 5.41) is 3.54. The Labute approximate surface area is 149 Å². The van der Waals surface area contributed by atoms with Gasteiger partial charge in [-0.3, -0.25) is 4.98 Å². The minimum Gasteiger partial charge on any atom is -0.495 e. The Morgan fingerprint density at radius 3 is 2.56 bits per heavy atom. The van der Waals surface area contributed by atoms with Crippen molar-refractivity contribution in [1.82, 2.24) is 9.88 Å². The number of carbonyl (C=O) groups excluding carboxylic acids is 1. The molecule has 6 heteroatoms. The maximum Gasteiger partial charge on any atom is 0.410 e. The summed E-state index contributed by atoms with van der Waals surface area (Å²) in [6, 6.07) is 2.45. The first-order valence-electron chi connectivity index (χ1n) is 9.02. The molecule has 2 fully saturated rings. The van der Waals surface area contributed by atoms with E-state index in [1.165, 1.54) is 0 Å². The minimum absolute atomic E-state index is 0.182. The predicted molar refractivity (Wildman–Crippen MR) is 96.9 cm³/mol. The van der Waals surface area contributed by atoms with E-state index in [4.69, 9.17) is 9.47 Å². The summed E-state index contributed by atoms with van der Waals surface area (Å²) >= 11 is 0. The van der Waals surface area contributed by atoms with E-state index < -0.39 is 5.60 Å². The normalized spacial score (nSPS) is 20.1. The number of piperidine rings is 1. The molecule has 2 aliphatic rings. The average molecular weight is 347 g/mol. The molecule has 25 heavy (non-hydrogen) atoms. The van der Waals surface area contributed by atoms with Crippen LogP contribution in [0.15, 0.2) is 18.5 Å². The molecule has 138 valence electrons. The monoisotopic (exact) mass is 347 g/mol. The molecular weight excluding hydrogens is 318 g/mol. The lowest BCUT2D eigenvalue weighted by Crippen LogP contribution is -2.53. The largest absolute Gasteiger partial charge is 0.495 e. The van der Waals surface area contributed by atoms with E-state index >= 15 is 0 Å². The van der Waals surface area contributed by atoms with Crippen molar-refractivity contribution in [2.45, 2.75) is 58.1 Å². The Morgan fingerprint density at radius 2 is 1.96 bits per heavy atom. The molecule has 1 aliphatic heterocycles. The number of hydrogen-bond donors (Lipinski definition) is 1. The number of methoxy groups -OCH3 is 1. The fraction of sp³-hybridized carbons (Fsp3) is 0.684. The molecule has 0 radical (unpaired) electrons. The Kier molecular flexibility index (Phi) is 4.80. The fourth-order valence-electron chi connectivity index (χ4n) is 3.83. The van der Waals surface area contributed by atoms with Gasteiger partial charge in [0.15, 0.2) is 0 Å². The predicted octanol–water partition coefficient (Wildman–Crippen LogP) is 3.68. The van der Waals surface area contributed by atoms with Gasteiger partial charge >= 0.3 is 6.09 Å². The van der Waals surface area contributed by atoms with Crippen molar-refractivity contribution in [3.8, 4) is 5.75 Å². The summed E-state index contributed by atoms with van der Waals surface area (Å²) in [7, 11) is 1.65. The maximum atomic E-state index is 12.2. The number of pyridine rings is 1. The lowest BCUT2D eigenvalue weighted by Gasteiger charge is -2.52. The zero-order valence-electron chi connectivity index (χ0n) is 15.7. The van der Waals surface area contributed by atoms with Gasteiger partial charge in [-0.15, -0.1) is 0 Å². The van der Waals surface area contributed by atoms with Crippen LogP contribution in [0.5, 0.6) is 5.75 Å². The van der Waals surface area contributed by atoms with Crippen LogP contribution in [0.3, 0.4) is 0 Å². The van der Waals surface area contributed by atoms with Crippen molar-refractivity contribution in [3.63, 3.8) is 0 Å². The SMILES string of the molecule is COc1cncc(NC2CC3(CCN(C(=O)OC(C)(C)C)CC3)C2)c1. The van der Waals surface area contributed by atoms with Crippen LogP contribution >= 0.6 is 0 Å². The molecule has 0 unspecified atom stereocenters. The van der Waals surface area contributed by atoms with Crippen LogP contribution in [-0.2, 0) is 4.74 Å². The Bertz CT molecular complexity index is 611. The molecule has 2 heterocycles. The van der Waals surface area contributed by atoms with Crippen molar-refractivity contribution in [2.75, 3.05) is 25.5 Å². The molecule has 1 amide bonds. The van der Waals surface area contributed by atoms with Crippen LogP contribution < -0.4 is 10.1 Å². The number of hydrogen-bond acceptors (Lipinski definition) is 5. The van der Waals surface area contributed by atoms with E-state index in [9.17, 15) is 4.79 Å². The Hall–Kier alpha value is -1.98. The van der Waals surface area contributed by atoms with Crippen LogP contribution in [0, 0.1) is 5.41 Å². The first kappa shape index (κ1) is 17.8. The third kappa shape index (κ3) is 4.35. The smallest absolute Gasteiger partial charge is 0.410 e. The van der Waals surface area contributed by atoms with Crippen molar-refractivity contribution < 1.29 is 14.3 Å². The van der Waals surface area contributed by atoms with Crippen LogP contribution in [0.4, 0.5) is 10.5 Å². The lowest BCUT2D eigenvalue weighted by molar-refractivity contribution is -0.00859. The number of aromatic nitrogens is 1. The number of anilines is 1. The summed E-state index contributed by atoms with van der Waals surface area (Å²) < 4.78 is 10.7. The van der Waals surface area contributed by atoms with Crippen molar-refractivity contribution in [1.29, 1.82) is 0 Å². The number of amides is 1. The number of rotatable bonds is 3. The summed E-state index contributed by atoms with van der Waals surface area (Å²) in [5.41, 5.74) is 0.954. The van der Waals surface area contributed by atoms with E-state index in [0.717, 1.165) is 50.2 Å². The molecule has 1 N–H and O–H groups in total. The molecule has 6 nitrogen and oxygen atoms in total. The van der Waals surface area contributed by atoms with E-state index in [0.29, 0.717) is 11.5 Å². The van der Waals surface area contributed by atoms with Gasteiger partial charge in [-0.1, -0.05) is 0 Å². The molecule has 1 aromatic heterocycles. The molecule has 1 saturated carbocycles. The highest BCUT2D eigenvalue weighted by atomic mass is 16.6. The quantitative estimate of drug-likeness (QED) is 0.903. The Morgan fingerprint density at radius 1 is 1.28 bits per heavy atom. The lowest BCUT2D eigenvalue weighted by atomic mass is 9.60. The van der Waals surface area contributed by atoms with Crippen molar-refractivity contribution in [2.24, 2.45) is 5.41 Å².